The van der Waals surface area contributed by atoms with Gasteiger partial charge in [0.25, 0.3) is 16.0 Å². The predicted octanol–water partition coefficient (Wildman–Crippen LogP) is 4.43. The van der Waals surface area contributed by atoms with Crippen LogP contribution in [0.1, 0.15) is 39.9 Å². The molecule has 2 heterocycles. The number of carbonyl (C=O) groups is 2. The van der Waals surface area contributed by atoms with Crippen molar-refractivity contribution in [1.29, 1.82) is 0 Å². The molecule has 0 radical (unpaired) electrons. The van der Waals surface area contributed by atoms with Crippen molar-refractivity contribution in [2.24, 2.45) is 4.99 Å². The van der Waals surface area contributed by atoms with Gasteiger partial charge in [0.05, 0.1) is 44.4 Å². The van der Waals surface area contributed by atoms with Crippen LogP contribution in [0.15, 0.2) is 59.6 Å². The highest BCUT2D eigenvalue weighted by Gasteiger charge is 2.36. The lowest BCUT2D eigenvalue weighted by molar-refractivity contribution is -0.140. The van der Waals surface area contributed by atoms with Gasteiger partial charge in [-0.2, -0.15) is 8.42 Å². The summed E-state index contributed by atoms with van der Waals surface area (Å²) in [7, 11) is 1.09. The Kier molecular flexibility index (Phi) is 9.21. The Hall–Kier alpha value is -4.42. The Morgan fingerprint density at radius 3 is 2.52 bits per heavy atom. The minimum atomic E-state index is -3.65. The summed E-state index contributed by atoms with van der Waals surface area (Å²) in [6.07, 6.45) is 4.35. The molecular weight excluding hydrogens is 586 g/mol. The van der Waals surface area contributed by atoms with Gasteiger partial charge in [0.1, 0.15) is 6.61 Å². The minimum Gasteiger partial charge on any atom is -0.493 e. The minimum absolute atomic E-state index is 0.116. The van der Waals surface area contributed by atoms with Gasteiger partial charge in [-0.3, -0.25) is 23.7 Å². The molecule has 0 bridgehead atoms. The van der Waals surface area contributed by atoms with Gasteiger partial charge in [0, 0.05) is 50.1 Å². The lowest BCUT2D eigenvalue weighted by Gasteiger charge is -2.22. The number of amides is 1. The maximum Gasteiger partial charge on any atom is 0.305 e. The Labute approximate surface area is 257 Å². The van der Waals surface area contributed by atoms with Crippen LogP contribution in [0.2, 0.25) is 0 Å². The smallest absolute Gasteiger partial charge is 0.305 e. The van der Waals surface area contributed by atoms with Crippen LogP contribution in [0.25, 0.3) is 0 Å². The number of aliphatic imine (C=N–C) groups is 1. The van der Waals surface area contributed by atoms with E-state index in [2.05, 4.69) is 4.99 Å². The summed E-state index contributed by atoms with van der Waals surface area (Å²) in [6, 6.07) is 16.6. The molecule has 0 N–H and O–H groups in total. The van der Waals surface area contributed by atoms with Crippen LogP contribution in [0.5, 0.6) is 11.5 Å². The monoisotopic (exact) mass is 621 g/mol. The molecular formula is C32H35N3O8S. The quantitative estimate of drug-likeness (QED) is 0.213. The zero-order valence-electron chi connectivity index (χ0n) is 25.1. The molecule has 1 amide bonds. The van der Waals surface area contributed by atoms with Crippen molar-refractivity contribution in [3.8, 4) is 11.5 Å². The average molecular weight is 622 g/mol. The van der Waals surface area contributed by atoms with Crippen LogP contribution in [-0.2, 0) is 43.5 Å². The number of rotatable bonds is 12. The number of anilines is 2. The molecule has 0 saturated carbocycles. The Bertz CT molecular complexity index is 1710. The van der Waals surface area contributed by atoms with Crippen molar-refractivity contribution in [3.63, 3.8) is 0 Å². The summed E-state index contributed by atoms with van der Waals surface area (Å²) in [5.41, 5.74) is 5.07. The normalized spacial score (nSPS) is 15.2. The fourth-order valence-corrected chi connectivity index (χ4v) is 5.70. The van der Waals surface area contributed by atoms with E-state index in [4.69, 9.17) is 18.4 Å². The zero-order chi connectivity index (χ0) is 31.4. The molecule has 44 heavy (non-hydrogen) atoms. The molecule has 232 valence electrons. The second-order valence-electron chi connectivity index (χ2n) is 10.7. The van der Waals surface area contributed by atoms with E-state index in [1.54, 1.807) is 29.3 Å². The maximum absolute atomic E-state index is 13.7. The third kappa shape index (κ3) is 7.03. The van der Waals surface area contributed by atoms with Gasteiger partial charge in [-0.15, -0.1) is 0 Å². The van der Waals surface area contributed by atoms with Crippen LogP contribution in [0, 0.1) is 0 Å². The molecule has 0 fully saturated rings. The van der Waals surface area contributed by atoms with Crippen molar-refractivity contribution in [1.82, 2.24) is 0 Å². The molecule has 0 aliphatic carbocycles. The Morgan fingerprint density at radius 2 is 1.80 bits per heavy atom. The fraction of sp³-hybridized carbons (Fsp3) is 0.344. The molecule has 1 atom stereocenters. The Morgan fingerprint density at radius 1 is 1.05 bits per heavy atom. The lowest BCUT2D eigenvalue weighted by Crippen LogP contribution is -2.37. The summed E-state index contributed by atoms with van der Waals surface area (Å²) in [5.74, 6) is 0.351. The van der Waals surface area contributed by atoms with Gasteiger partial charge in [-0.25, -0.2) is 0 Å². The molecule has 3 aromatic carbocycles. The van der Waals surface area contributed by atoms with E-state index >= 15 is 0 Å². The van der Waals surface area contributed by atoms with E-state index in [9.17, 15) is 18.0 Å². The molecule has 5 rings (SSSR count). The molecule has 12 heteroatoms. The first-order chi connectivity index (χ1) is 21.1. The van der Waals surface area contributed by atoms with E-state index in [1.165, 1.54) is 14.2 Å². The van der Waals surface area contributed by atoms with Crippen LogP contribution < -0.4 is 19.3 Å². The van der Waals surface area contributed by atoms with Crippen molar-refractivity contribution >= 4 is 45.3 Å². The molecule has 11 nitrogen and oxygen atoms in total. The highest BCUT2D eigenvalue weighted by Crippen LogP contribution is 2.41. The summed E-state index contributed by atoms with van der Waals surface area (Å²) in [5, 5.41) is 0. The summed E-state index contributed by atoms with van der Waals surface area (Å²) >= 11 is 0. The number of hydrogen-bond donors (Lipinski definition) is 0. The van der Waals surface area contributed by atoms with Crippen LogP contribution in [-0.4, -0.2) is 66.6 Å². The summed E-state index contributed by atoms with van der Waals surface area (Å²) in [4.78, 5) is 33.7. The first kappa shape index (κ1) is 31.0. The van der Waals surface area contributed by atoms with Crippen molar-refractivity contribution in [3.05, 3.63) is 76.9 Å². The van der Waals surface area contributed by atoms with Gasteiger partial charge >= 0.3 is 5.97 Å². The first-order valence-electron chi connectivity index (χ1n) is 14.1. The number of methoxy groups -OCH3 is 2. The van der Waals surface area contributed by atoms with Crippen LogP contribution in [0.4, 0.5) is 17.1 Å². The van der Waals surface area contributed by atoms with Gasteiger partial charge in [-0.1, -0.05) is 18.2 Å². The van der Waals surface area contributed by atoms with Crippen molar-refractivity contribution < 1.29 is 36.4 Å². The van der Waals surface area contributed by atoms with Gasteiger partial charge in [0.15, 0.2) is 11.5 Å². The number of para-hydroxylation sites is 1. The van der Waals surface area contributed by atoms with Crippen molar-refractivity contribution in [2.45, 2.75) is 38.5 Å². The predicted molar refractivity (Wildman–Crippen MR) is 167 cm³/mol. The number of carbonyl (C=O) groups excluding carboxylic acids is 2. The summed E-state index contributed by atoms with van der Waals surface area (Å²) in [6.45, 7) is 0.541. The van der Waals surface area contributed by atoms with E-state index < -0.39 is 10.1 Å². The number of esters is 1. The van der Waals surface area contributed by atoms with E-state index in [0.717, 1.165) is 28.8 Å². The van der Waals surface area contributed by atoms with Crippen LogP contribution in [0.3, 0.4) is 0 Å². The Balaban J connectivity index is 1.38. The molecule has 0 spiro atoms. The van der Waals surface area contributed by atoms with E-state index in [-0.39, 0.29) is 37.6 Å². The largest absolute Gasteiger partial charge is 0.493 e. The number of hydrogen-bond acceptors (Lipinski definition) is 10. The van der Waals surface area contributed by atoms with Gasteiger partial charge < -0.3 is 19.1 Å². The number of fused-ring (bicyclic) bond motifs is 4. The number of nitrogens with zero attached hydrogens (tertiary/aromatic N) is 3. The van der Waals surface area contributed by atoms with Crippen molar-refractivity contribution in [2.75, 3.05) is 43.9 Å². The zero-order valence-corrected chi connectivity index (χ0v) is 25.9. The molecule has 0 aromatic heterocycles. The first-order valence-corrected chi connectivity index (χ1v) is 15.9. The van der Waals surface area contributed by atoms with Crippen LogP contribution >= 0.6 is 0 Å². The number of ether oxygens (including phenoxy) is 3. The molecule has 2 aliphatic heterocycles. The maximum atomic E-state index is 13.7. The highest BCUT2D eigenvalue weighted by atomic mass is 32.2. The molecule has 3 aromatic rings. The topological polar surface area (TPSA) is 124 Å². The SMILES string of the molecule is COC(=O)CCCN(C)c1cc(COc2cc3c(cc2OC)C(=O)N2c4ccccc4C[C@H]2C=N3)cc(COS(C)(=O)=O)c1. The highest BCUT2D eigenvalue weighted by molar-refractivity contribution is 7.85. The second-order valence-corrected chi connectivity index (χ2v) is 12.4. The molecule has 0 unspecified atom stereocenters. The third-order valence-corrected chi connectivity index (χ3v) is 8.09. The molecule has 0 saturated heterocycles. The fourth-order valence-electron chi connectivity index (χ4n) is 5.35. The standard InChI is InChI=1S/C32H35N3O8S/c1-34(11-7-10-31(36)41-3)24-13-21(12-22(14-24)20-43-44(4,38)39)19-42-30-17-27-26(16-29(30)40-2)32(37)35-25(18-33-27)15-23-8-5-6-9-28(23)35/h5-6,8-9,12-14,16-18,25H,7,10-11,15,19-20H2,1-4H3/t25-/m0/s1. The van der Waals surface area contributed by atoms with E-state index in [1.807, 2.05) is 48.3 Å². The average Bonchev–Trinajstić information content (AvgIpc) is 3.33. The lowest BCUT2D eigenvalue weighted by atomic mass is 10.1. The van der Waals surface area contributed by atoms with Gasteiger partial charge in [0.2, 0.25) is 0 Å². The van der Waals surface area contributed by atoms with E-state index in [0.29, 0.717) is 47.7 Å². The third-order valence-electron chi connectivity index (χ3n) is 7.54. The van der Waals surface area contributed by atoms with Gasteiger partial charge in [-0.05, 0) is 53.4 Å². The summed E-state index contributed by atoms with van der Waals surface area (Å²) < 4.78 is 44.9. The second kappa shape index (κ2) is 13.1. The number of benzene rings is 3. The molecule has 2 aliphatic rings.